The van der Waals surface area contributed by atoms with Crippen molar-refractivity contribution in [2.24, 2.45) is 11.3 Å². The zero-order chi connectivity index (χ0) is 12.8. The van der Waals surface area contributed by atoms with Gasteiger partial charge in [0.25, 0.3) is 0 Å². The summed E-state index contributed by atoms with van der Waals surface area (Å²) >= 11 is 1.80. The van der Waals surface area contributed by atoms with Crippen LogP contribution in [0.5, 0.6) is 0 Å². The molecule has 2 saturated carbocycles. The zero-order valence-corrected chi connectivity index (χ0v) is 11.4. The van der Waals surface area contributed by atoms with Gasteiger partial charge in [-0.3, -0.25) is 4.79 Å². The summed E-state index contributed by atoms with van der Waals surface area (Å²) in [4.78, 5) is 14.7. The second-order valence-electron chi connectivity index (χ2n) is 5.77. The van der Waals surface area contributed by atoms with Gasteiger partial charge in [0.05, 0.1) is 6.61 Å². The fourth-order valence-electron chi connectivity index (χ4n) is 2.43. The van der Waals surface area contributed by atoms with E-state index in [1.165, 1.54) is 9.75 Å². The van der Waals surface area contributed by atoms with Crippen molar-refractivity contribution >= 4 is 17.2 Å². The Morgan fingerprint density at radius 2 is 2.33 bits per heavy atom. The standard InChI is InChI=1S/C14H19NO2S/c1-9-2-3-12(18-9)10-6-11(10)13(17)15-7-14(8-16)4-5-14/h2-3,10-11,16H,4-8H2,1H3,(H,15,17). The third-order valence-corrected chi connectivity index (χ3v) is 5.32. The lowest BCUT2D eigenvalue weighted by atomic mass is 10.1. The van der Waals surface area contributed by atoms with Gasteiger partial charge in [-0.2, -0.15) is 0 Å². The van der Waals surface area contributed by atoms with Crippen molar-refractivity contribution in [3.8, 4) is 0 Å². The van der Waals surface area contributed by atoms with Gasteiger partial charge in [-0.15, -0.1) is 11.3 Å². The third kappa shape index (κ3) is 2.31. The molecule has 4 heteroatoms. The maximum Gasteiger partial charge on any atom is 0.223 e. The lowest BCUT2D eigenvalue weighted by Crippen LogP contribution is -2.33. The molecule has 0 aromatic carbocycles. The highest BCUT2D eigenvalue weighted by molar-refractivity contribution is 7.12. The highest BCUT2D eigenvalue weighted by Crippen LogP contribution is 2.50. The van der Waals surface area contributed by atoms with Gasteiger partial charge in [0.2, 0.25) is 5.91 Å². The topological polar surface area (TPSA) is 49.3 Å². The van der Waals surface area contributed by atoms with E-state index in [0.717, 1.165) is 19.3 Å². The van der Waals surface area contributed by atoms with Crippen LogP contribution in [0.4, 0.5) is 0 Å². The molecule has 0 aliphatic heterocycles. The quantitative estimate of drug-likeness (QED) is 0.856. The van der Waals surface area contributed by atoms with Crippen molar-refractivity contribution in [3.05, 3.63) is 21.9 Å². The molecule has 1 heterocycles. The number of thiophene rings is 1. The Morgan fingerprint density at radius 3 is 2.89 bits per heavy atom. The van der Waals surface area contributed by atoms with Gasteiger partial charge < -0.3 is 10.4 Å². The maximum absolute atomic E-state index is 12.0. The van der Waals surface area contributed by atoms with Crippen LogP contribution in [0.2, 0.25) is 0 Å². The van der Waals surface area contributed by atoms with Crippen LogP contribution in [0.3, 0.4) is 0 Å². The van der Waals surface area contributed by atoms with E-state index in [0.29, 0.717) is 12.5 Å². The molecule has 2 atom stereocenters. The summed E-state index contributed by atoms with van der Waals surface area (Å²) in [7, 11) is 0. The van der Waals surface area contributed by atoms with Gasteiger partial charge in [0.15, 0.2) is 0 Å². The van der Waals surface area contributed by atoms with Gasteiger partial charge in [-0.1, -0.05) is 0 Å². The predicted octanol–water partition coefficient (Wildman–Crippen LogP) is 2.05. The second-order valence-corrected chi connectivity index (χ2v) is 7.09. The third-order valence-electron chi connectivity index (χ3n) is 4.18. The SMILES string of the molecule is Cc1ccc(C2CC2C(=O)NCC2(CO)CC2)s1. The first-order valence-electron chi connectivity index (χ1n) is 6.58. The van der Waals surface area contributed by atoms with E-state index in [2.05, 4.69) is 24.4 Å². The summed E-state index contributed by atoms with van der Waals surface area (Å²) in [6.45, 7) is 2.95. The van der Waals surface area contributed by atoms with Crippen molar-refractivity contribution in [2.45, 2.75) is 32.1 Å². The van der Waals surface area contributed by atoms with Crippen LogP contribution >= 0.6 is 11.3 Å². The summed E-state index contributed by atoms with van der Waals surface area (Å²) in [5.74, 6) is 0.774. The highest BCUT2D eigenvalue weighted by atomic mass is 32.1. The van der Waals surface area contributed by atoms with Gasteiger partial charge in [0, 0.05) is 33.5 Å². The number of nitrogens with one attached hydrogen (secondary N) is 1. The van der Waals surface area contributed by atoms with Crippen molar-refractivity contribution in [1.82, 2.24) is 5.32 Å². The van der Waals surface area contributed by atoms with Crippen molar-refractivity contribution < 1.29 is 9.90 Å². The van der Waals surface area contributed by atoms with E-state index in [1.807, 2.05) is 0 Å². The Morgan fingerprint density at radius 1 is 1.56 bits per heavy atom. The minimum Gasteiger partial charge on any atom is -0.396 e. The Hall–Kier alpha value is -0.870. The number of carbonyl (C=O) groups excluding carboxylic acids is 1. The van der Waals surface area contributed by atoms with E-state index >= 15 is 0 Å². The molecule has 98 valence electrons. The molecule has 0 saturated heterocycles. The number of carbonyl (C=O) groups is 1. The Labute approximate surface area is 111 Å². The molecule has 1 aromatic heterocycles. The number of hydrogen-bond donors (Lipinski definition) is 2. The molecule has 0 radical (unpaired) electrons. The predicted molar refractivity (Wildman–Crippen MR) is 71.7 cm³/mol. The fraction of sp³-hybridized carbons (Fsp3) is 0.643. The van der Waals surface area contributed by atoms with E-state index < -0.39 is 0 Å². The highest BCUT2D eigenvalue weighted by Gasteiger charge is 2.47. The maximum atomic E-state index is 12.0. The molecular formula is C14H19NO2S. The molecule has 1 aromatic rings. The van der Waals surface area contributed by atoms with Crippen LogP contribution in [0.1, 0.15) is 34.9 Å². The summed E-state index contributed by atoms with van der Waals surface area (Å²) < 4.78 is 0. The molecule has 18 heavy (non-hydrogen) atoms. The molecule has 3 rings (SSSR count). The van der Waals surface area contributed by atoms with Crippen molar-refractivity contribution in [1.29, 1.82) is 0 Å². The van der Waals surface area contributed by atoms with E-state index in [4.69, 9.17) is 0 Å². The normalized spacial score (nSPS) is 27.9. The summed E-state index contributed by atoms with van der Waals surface area (Å²) in [6.07, 6.45) is 3.07. The lowest BCUT2D eigenvalue weighted by molar-refractivity contribution is -0.122. The molecule has 0 bridgehead atoms. The average molecular weight is 265 g/mol. The minimum absolute atomic E-state index is 0.0135. The van der Waals surface area contributed by atoms with Crippen LogP contribution in [-0.2, 0) is 4.79 Å². The zero-order valence-electron chi connectivity index (χ0n) is 10.6. The van der Waals surface area contributed by atoms with E-state index in [1.54, 1.807) is 11.3 Å². The number of aryl methyl sites for hydroxylation is 1. The monoisotopic (exact) mass is 265 g/mol. The largest absolute Gasteiger partial charge is 0.396 e. The van der Waals surface area contributed by atoms with Gasteiger partial charge >= 0.3 is 0 Å². The molecule has 2 unspecified atom stereocenters. The fourth-order valence-corrected chi connectivity index (χ4v) is 3.48. The molecule has 3 nitrogen and oxygen atoms in total. The van der Waals surface area contributed by atoms with Crippen LogP contribution < -0.4 is 5.32 Å². The van der Waals surface area contributed by atoms with E-state index in [9.17, 15) is 9.90 Å². The summed E-state index contributed by atoms with van der Waals surface area (Å²) in [6, 6.07) is 4.27. The second kappa shape index (κ2) is 4.35. The van der Waals surface area contributed by atoms with Crippen LogP contribution in [0.25, 0.3) is 0 Å². The first kappa shape index (κ1) is 12.2. The smallest absolute Gasteiger partial charge is 0.223 e. The number of aliphatic hydroxyl groups is 1. The first-order chi connectivity index (χ1) is 8.63. The van der Waals surface area contributed by atoms with Gasteiger partial charge in [-0.25, -0.2) is 0 Å². The number of hydrogen-bond acceptors (Lipinski definition) is 3. The molecule has 2 aliphatic rings. The van der Waals surface area contributed by atoms with E-state index in [-0.39, 0.29) is 23.8 Å². The van der Waals surface area contributed by atoms with Gasteiger partial charge in [0.1, 0.15) is 0 Å². The van der Waals surface area contributed by atoms with Crippen LogP contribution in [0, 0.1) is 18.3 Å². The molecule has 1 amide bonds. The Balaban J connectivity index is 1.50. The molecule has 2 N–H and O–H groups in total. The lowest BCUT2D eigenvalue weighted by Gasteiger charge is -2.12. The molecule has 2 aliphatic carbocycles. The average Bonchev–Trinajstić information content (AvgIpc) is 3.27. The van der Waals surface area contributed by atoms with Crippen molar-refractivity contribution in [2.75, 3.05) is 13.2 Å². The molecule has 2 fully saturated rings. The Bertz CT molecular complexity index is 464. The summed E-state index contributed by atoms with van der Waals surface area (Å²) in [5.41, 5.74) is 0.0135. The van der Waals surface area contributed by atoms with Crippen molar-refractivity contribution in [3.63, 3.8) is 0 Å². The number of amides is 1. The Kier molecular flexibility index (Phi) is 2.94. The minimum atomic E-state index is 0.0135. The first-order valence-corrected chi connectivity index (χ1v) is 7.40. The molecular weight excluding hydrogens is 246 g/mol. The van der Waals surface area contributed by atoms with Crippen LogP contribution in [0.15, 0.2) is 12.1 Å². The number of aliphatic hydroxyl groups excluding tert-OH is 1. The molecule has 0 spiro atoms. The summed E-state index contributed by atoms with van der Waals surface area (Å²) in [5, 5.41) is 12.2. The van der Waals surface area contributed by atoms with Gasteiger partial charge in [-0.05, 0) is 38.3 Å². The van der Waals surface area contributed by atoms with Crippen LogP contribution in [-0.4, -0.2) is 24.2 Å². The number of rotatable bonds is 5.